The first-order valence-electron chi connectivity index (χ1n) is 7.06. The molecule has 0 saturated heterocycles. The number of benzene rings is 1. The molecule has 1 fully saturated rings. The highest BCUT2D eigenvalue weighted by molar-refractivity contribution is 5.48. The summed E-state index contributed by atoms with van der Waals surface area (Å²) in [7, 11) is 0. The van der Waals surface area contributed by atoms with Gasteiger partial charge in [0.2, 0.25) is 6.79 Å². The summed E-state index contributed by atoms with van der Waals surface area (Å²) in [5, 5.41) is 13.2. The topological polar surface area (TPSA) is 50.7 Å². The quantitative estimate of drug-likeness (QED) is 0.874. The normalized spacial score (nSPS) is 20.5. The van der Waals surface area contributed by atoms with E-state index in [4.69, 9.17) is 9.47 Å². The average molecular weight is 263 g/mol. The van der Waals surface area contributed by atoms with Gasteiger partial charge in [-0.15, -0.1) is 0 Å². The van der Waals surface area contributed by atoms with E-state index in [1.54, 1.807) is 0 Å². The maximum Gasteiger partial charge on any atom is 0.231 e. The van der Waals surface area contributed by atoms with E-state index in [-0.39, 0.29) is 12.1 Å². The van der Waals surface area contributed by atoms with Gasteiger partial charge in [0.25, 0.3) is 0 Å². The highest BCUT2D eigenvalue weighted by Crippen LogP contribution is 2.36. The molecule has 1 aliphatic heterocycles. The minimum absolute atomic E-state index is 0.111. The van der Waals surface area contributed by atoms with E-state index >= 15 is 0 Å². The minimum Gasteiger partial charge on any atom is -0.454 e. The smallest absolute Gasteiger partial charge is 0.231 e. The van der Waals surface area contributed by atoms with Gasteiger partial charge in [-0.3, -0.25) is 0 Å². The van der Waals surface area contributed by atoms with Crippen LogP contribution in [0.15, 0.2) is 18.2 Å². The summed E-state index contributed by atoms with van der Waals surface area (Å²) in [4.78, 5) is 0. The number of nitrogens with one attached hydrogen (secondary N) is 1. The van der Waals surface area contributed by atoms with Crippen molar-refractivity contribution in [2.24, 2.45) is 0 Å². The van der Waals surface area contributed by atoms with Crippen LogP contribution in [0.3, 0.4) is 0 Å². The minimum atomic E-state index is -0.111. The molecule has 1 aliphatic carbocycles. The predicted molar refractivity (Wildman–Crippen MR) is 72.3 cm³/mol. The van der Waals surface area contributed by atoms with Crippen LogP contribution < -0.4 is 14.8 Å². The fourth-order valence-electron chi connectivity index (χ4n) is 3.03. The maximum atomic E-state index is 9.69. The Morgan fingerprint density at radius 3 is 2.79 bits per heavy atom. The van der Waals surface area contributed by atoms with Gasteiger partial charge in [-0.2, -0.15) is 0 Å². The molecular formula is C15H21NO3. The lowest BCUT2D eigenvalue weighted by Crippen LogP contribution is -2.49. The maximum absolute atomic E-state index is 9.69. The first-order chi connectivity index (χ1) is 9.33. The molecule has 0 unspecified atom stereocenters. The first kappa shape index (κ1) is 12.8. The Bertz CT molecular complexity index is 441. The number of rotatable bonds is 4. The van der Waals surface area contributed by atoms with Crippen molar-refractivity contribution in [2.45, 2.75) is 44.2 Å². The van der Waals surface area contributed by atoms with Crippen LogP contribution in [0.4, 0.5) is 0 Å². The van der Waals surface area contributed by atoms with Gasteiger partial charge in [-0.1, -0.05) is 31.4 Å². The van der Waals surface area contributed by atoms with Crippen molar-refractivity contribution in [1.82, 2.24) is 5.32 Å². The third-order valence-corrected chi connectivity index (χ3v) is 4.25. The average Bonchev–Trinajstić information content (AvgIpc) is 2.95. The molecule has 0 spiro atoms. The van der Waals surface area contributed by atoms with Gasteiger partial charge >= 0.3 is 0 Å². The molecule has 4 nitrogen and oxygen atoms in total. The lowest BCUT2D eigenvalue weighted by Gasteiger charge is -2.36. The third-order valence-electron chi connectivity index (χ3n) is 4.25. The molecule has 0 amide bonds. The van der Waals surface area contributed by atoms with Crippen molar-refractivity contribution < 1.29 is 14.6 Å². The molecule has 1 aromatic rings. The highest BCUT2D eigenvalue weighted by Gasteiger charge is 2.31. The summed E-state index contributed by atoms with van der Waals surface area (Å²) < 4.78 is 10.9. The number of hydrogen-bond donors (Lipinski definition) is 2. The molecule has 0 aromatic heterocycles. The summed E-state index contributed by atoms with van der Waals surface area (Å²) in [5.74, 6) is 1.67. The van der Waals surface area contributed by atoms with Gasteiger partial charge in [-0.25, -0.2) is 0 Å². The predicted octanol–water partition coefficient (Wildman–Crippen LogP) is 2.20. The van der Waals surface area contributed by atoms with E-state index in [0.29, 0.717) is 13.3 Å². The van der Waals surface area contributed by atoms with Crippen molar-refractivity contribution in [2.75, 3.05) is 13.4 Å². The van der Waals surface area contributed by atoms with Crippen LogP contribution in [0, 0.1) is 0 Å². The molecule has 3 rings (SSSR count). The van der Waals surface area contributed by atoms with Crippen LogP contribution in [-0.2, 0) is 6.54 Å². The van der Waals surface area contributed by atoms with E-state index in [9.17, 15) is 5.11 Å². The van der Waals surface area contributed by atoms with Gasteiger partial charge in [0.05, 0.1) is 6.61 Å². The number of hydrogen-bond acceptors (Lipinski definition) is 4. The molecule has 0 radical (unpaired) electrons. The molecule has 1 heterocycles. The monoisotopic (exact) mass is 263 g/mol. The Hall–Kier alpha value is -1.26. The van der Waals surface area contributed by atoms with E-state index < -0.39 is 0 Å². The van der Waals surface area contributed by atoms with E-state index in [2.05, 4.69) is 11.4 Å². The van der Waals surface area contributed by atoms with E-state index in [0.717, 1.165) is 29.9 Å². The van der Waals surface area contributed by atoms with Crippen LogP contribution in [0.25, 0.3) is 0 Å². The summed E-state index contributed by atoms with van der Waals surface area (Å²) in [6.07, 6.45) is 5.77. The zero-order valence-corrected chi connectivity index (χ0v) is 11.2. The Labute approximate surface area is 113 Å². The molecule has 2 aliphatic rings. The van der Waals surface area contributed by atoms with Crippen LogP contribution in [0.1, 0.15) is 37.7 Å². The second-order valence-electron chi connectivity index (χ2n) is 5.50. The zero-order chi connectivity index (χ0) is 13.1. The van der Waals surface area contributed by atoms with Gasteiger partial charge in [0, 0.05) is 17.6 Å². The van der Waals surface area contributed by atoms with Gasteiger partial charge < -0.3 is 19.9 Å². The lowest BCUT2D eigenvalue weighted by molar-refractivity contribution is 0.119. The summed E-state index contributed by atoms with van der Waals surface area (Å²) in [6, 6.07) is 5.96. The number of fused-ring (bicyclic) bond motifs is 1. The number of para-hydroxylation sites is 1. The van der Waals surface area contributed by atoms with Gasteiger partial charge in [0.15, 0.2) is 11.5 Å². The second kappa shape index (κ2) is 5.39. The fourth-order valence-corrected chi connectivity index (χ4v) is 3.03. The van der Waals surface area contributed by atoms with Crippen molar-refractivity contribution in [3.05, 3.63) is 23.8 Å². The number of ether oxygens (including phenoxy) is 2. The Balaban J connectivity index is 1.70. The molecule has 19 heavy (non-hydrogen) atoms. The third kappa shape index (κ3) is 2.55. The van der Waals surface area contributed by atoms with Crippen LogP contribution in [0.5, 0.6) is 11.5 Å². The fraction of sp³-hybridized carbons (Fsp3) is 0.600. The van der Waals surface area contributed by atoms with Crippen LogP contribution >= 0.6 is 0 Å². The molecule has 104 valence electrons. The molecule has 2 N–H and O–H groups in total. The molecule has 1 saturated carbocycles. The SMILES string of the molecule is OCC1(NCc2cccc3c2OCO3)CCCCC1. The summed E-state index contributed by atoms with van der Waals surface area (Å²) in [5.41, 5.74) is 0.994. The molecule has 0 bridgehead atoms. The highest BCUT2D eigenvalue weighted by atomic mass is 16.7. The molecular weight excluding hydrogens is 242 g/mol. The first-order valence-corrected chi connectivity index (χ1v) is 7.06. The van der Waals surface area contributed by atoms with Crippen molar-refractivity contribution >= 4 is 0 Å². The standard InChI is InChI=1S/C15H21NO3/c17-10-15(7-2-1-3-8-15)16-9-12-5-4-6-13-14(12)19-11-18-13/h4-6,16-17H,1-3,7-11H2. The van der Waals surface area contributed by atoms with E-state index in [1.165, 1.54) is 19.3 Å². The Kier molecular flexibility index (Phi) is 3.62. The summed E-state index contributed by atoms with van der Waals surface area (Å²) in [6.45, 7) is 1.23. The number of aliphatic hydroxyl groups is 1. The zero-order valence-electron chi connectivity index (χ0n) is 11.2. The van der Waals surface area contributed by atoms with Crippen LogP contribution in [-0.4, -0.2) is 24.0 Å². The van der Waals surface area contributed by atoms with Crippen LogP contribution in [0.2, 0.25) is 0 Å². The van der Waals surface area contributed by atoms with Gasteiger partial charge in [0.1, 0.15) is 0 Å². The van der Waals surface area contributed by atoms with Gasteiger partial charge in [-0.05, 0) is 18.9 Å². The van der Waals surface area contributed by atoms with Crippen molar-refractivity contribution in [1.29, 1.82) is 0 Å². The Morgan fingerprint density at radius 1 is 1.16 bits per heavy atom. The summed E-state index contributed by atoms with van der Waals surface area (Å²) >= 11 is 0. The lowest BCUT2D eigenvalue weighted by atomic mass is 9.82. The largest absolute Gasteiger partial charge is 0.454 e. The molecule has 1 aromatic carbocycles. The second-order valence-corrected chi connectivity index (χ2v) is 5.50. The molecule has 0 atom stereocenters. The number of aliphatic hydroxyl groups excluding tert-OH is 1. The molecule has 4 heteroatoms. The van der Waals surface area contributed by atoms with Crippen molar-refractivity contribution in [3.8, 4) is 11.5 Å². The van der Waals surface area contributed by atoms with E-state index in [1.807, 2.05) is 12.1 Å². The Morgan fingerprint density at radius 2 is 2.00 bits per heavy atom. The van der Waals surface area contributed by atoms with Crippen molar-refractivity contribution in [3.63, 3.8) is 0 Å².